The molecule has 0 bridgehead atoms. The van der Waals surface area contributed by atoms with E-state index in [2.05, 4.69) is 12.2 Å². The Balaban J connectivity index is 1.74. The maximum atomic E-state index is 12.1. The van der Waals surface area contributed by atoms with Crippen LogP contribution in [0.4, 0.5) is 5.69 Å². The van der Waals surface area contributed by atoms with Gasteiger partial charge in [0.25, 0.3) is 5.91 Å². The van der Waals surface area contributed by atoms with Gasteiger partial charge in [-0.2, -0.15) is 0 Å². The number of carbonyl (C=O) groups excluding carboxylic acids is 1. The molecule has 0 unspecified atom stereocenters. The maximum Gasteiger partial charge on any atom is 0.259 e. The van der Waals surface area contributed by atoms with E-state index < -0.39 is 0 Å². The molecule has 2 aromatic carbocycles. The molecule has 1 amide bonds. The summed E-state index contributed by atoms with van der Waals surface area (Å²) >= 11 is 0. The highest BCUT2D eigenvalue weighted by Crippen LogP contribution is 2.20. The molecule has 0 saturated carbocycles. The molecule has 0 saturated heterocycles. The van der Waals surface area contributed by atoms with Crippen LogP contribution in [0.15, 0.2) is 48.5 Å². The zero-order valence-electron chi connectivity index (χ0n) is 14.8. The van der Waals surface area contributed by atoms with Crippen LogP contribution in [0.3, 0.4) is 0 Å². The molecule has 0 aliphatic heterocycles. The first-order valence-corrected chi connectivity index (χ1v) is 9.03. The van der Waals surface area contributed by atoms with Crippen LogP contribution in [0.1, 0.15) is 55.8 Å². The van der Waals surface area contributed by atoms with Gasteiger partial charge in [-0.15, -0.1) is 0 Å². The molecule has 4 nitrogen and oxygen atoms in total. The summed E-state index contributed by atoms with van der Waals surface area (Å²) < 4.78 is 5.72. The number of unbranched alkanes of at least 4 members (excludes halogenated alkanes) is 5. The van der Waals surface area contributed by atoms with E-state index in [0.717, 1.165) is 18.8 Å². The van der Waals surface area contributed by atoms with E-state index in [-0.39, 0.29) is 17.2 Å². The predicted octanol–water partition coefficient (Wildman–Crippen LogP) is 5.38. The lowest BCUT2D eigenvalue weighted by atomic mass is 10.1. The third kappa shape index (κ3) is 6.49. The number of aromatic hydroxyl groups is 1. The second-order valence-corrected chi connectivity index (χ2v) is 6.11. The van der Waals surface area contributed by atoms with Crippen molar-refractivity contribution in [1.82, 2.24) is 0 Å². The highest BCUT2D eigenvalue weighted by Gasteiger charge is 2.10. The zero-order valence-corrected chi connectivity index (χ0v) is 14.8. The van der Waals surface area contributed by atoms with Crippen molar-refractivity contribution < 1.29 is 14.6 Å². The lowest BCUT2D eigenvalue weighted by molar-refractivity contribution is 0.102. The number of amides is 1. The van der Waals surface area contributed by atoms with E-state index in [1.807, 2.05) is 12.1 Å². The number of carbonyl (C=O) groups is 1. The topological polar surface area (TPSA) is 58.6 Å². The molecule has 0 aliphatic carbocycles. The Hall–Kier alpha value is -2.49. The summed E-state index contributed by atoms with van der Waals surface area (Å²) in [6.07, 6.45) is 7.43. The van der Waals surface area contributed by atoms with Gasteiger partial charge in [-0.05, 0) is 42.8 Å². The van der Waals surface area contributed by atoms with Gasteiger partial charge in [-0.1, -0.05) is 51.2 Å². The van der Waals surface area contributed by atoms with Gasteiger partial charge < -0.3 is 15.2 Å². The van der Waals surface area contributed by atoms with Crippen LogP contribution >= 0.6 is 0 Å². The smallest absolute Gasteiger partial charge is 0.259 e. The monoisotopic (exact) mass is 341 g/mol. The molecule has 0 heterocycles. The largest absolute Gasteiger partial charge is 0.507 e. The van der Waals surface area contributed by atoms with Crippen LogP contribution in [-0.2, 0) is 0 Å². The van der Waals surface area contributed by atoms with Crippen LogP contribution < -0.4 is 10.1 Å². The number of hydrogen-bond donors (Lipinski definition) is 2. The van der Waals surface area contributed by atoms with E-state index in [1.165, 1.54) is 38.2 Å². The van der Waals surface area contributed by atoms with Crippen LogP contribution in [0.5, 0.6) is 11.5 Å². The number of phenolic OH excluding ortho intramolecular Hbond substituents is 1. The van der Waals surface area contributed by atoms with E-state index in [4.69, 9.17) is 4.74 Å². The molecule has 0 spiro atoms. The number of hydrogen-bond acceptors (Lipinski definition) is 3. The Bertz CT molecular complexity index is 652. The molecule has 134 valence electrons. The van der Waals surface area contributed by atoms with E-state index >= 15 is 0 Å². The Morgan fingerprint density at radius 3 is 2.36 bits per heavy atom. The number of nitrogens with one attached hydrogen (secondary N) is 1. The fraction of sp³-hybridized carbons (Fsp3) is 0.381. The molecule has 0 atom stereocenters. The Morgan fingerprint density at radius 1 is 0.960 bits per heavy atom. The van der Waals surface area contributed by atoms with Crippen LogP contribution in [0.25, 0.3) is 0 Å². The van der Waals surface area contributed by atoms with Crippen molar-refractivity contribution in [1.29, 1.82) is 0 Å². The second kappa shape index (κ2) is 10.4. The van der Waals surface area contributed by atoms with Crippen molar-refractivity contribution in [2.24, 2.45) is 0 Å². The van der Waals surface area contributed by atoms with Crippen molar-refractivity contribution in [2.75, 3.05) is 11.9 Å². The molecule has 25 heavy (non-hydrogen) atoms. The molecule has 2 N–H and O–H groups in total. The van der Waals surface area contributed by atoms with Crippen molar-refractivity contribution in [3.63, 3.8) is 0 Å². The molecule has 0 aliphatic rings. The van der Waals surface area contributed by atoms with Crippen molar-refractivity contribution in [3.05, 3.63) is 54.1 Å². The van der Waals surface area contributed by atoms with E-state index in [0.29, 0.717) is 5.69 Å². The minimum Gasteiger partial charge on any atom is -0.507 e. The molecule has 2 aromatic rings. The third-order valence-corrected chi connectivity index (χ3v) is 4.03. The van der Waals surface area contributed by atoms with Gasteiger partial charge in [0.2, 0.25) is 0 Å². The van der Waals surface area contributed by atoms with Gasteiger partial charge in [0.1, 0.15) is 11.5 Å². The molecule has 2 rings (SSSR count). The Labute approximate surface area is 149 Å². The normalized spacial score (nSPS) is 10.4. The van der Waals surface area contributed by atoms with Crippen molar-refractivity contribution in [3.8, 4) is 11.5 Å². The van der Waals surface area contributed by atoms with Gasteiger partial charge in [-0.3, -0.25) is 4.79 Å². The fourth-order valence-corrected chi connectivity index (χ4v) is 2.57. The average Bonchev–Trinajstić information content (AvgIpc) is 2.62. The number of para-hydroxylation sites is 1. The van der Waals surface area contributed by atoms with Gasteiger partial charge in [0.15, 0.2) is 0 Å². The van der Waals surface area contributed by atoms with Crippen molar-refractivity contribution in [2.45, 2.75) is 45.4 Å². The summed E-state index contributed by atoms with van der Waals surface area (Å²) in [6.45, 7) is 2.94. The minimum atomic E-state index is -0.334. The number of ether oxygens (including phenoxy) is 1. The lowest BCUT2D eigenvalue weighted by Gasteiger charge is -2.09. The summed E-state index contributed by atoms with van der Waals surface area (Å²) in [4.78, 5) is 12.1. The highest BCUT2D eigenvalue weighted by molar-refractivity contribution is 6.06. The minimum absolute atomic E-state index is 0.0288. The number of anilines is 1. The number of phenols is 1. The quantitative estimate of drug-likeness (QED) is 0.570. The van der Waals surface area contributed by atoms with Gasteiger partial charge >= 0.3 is 0 Å². The van der Waals surface area contributed by atoms with Crippen LogP contribution in [0.2, 0.25) is 0 Å². The van der Waals surface area contributed by atoms with Crippen LogP contribution in [0, 0.1) is 0 Å². The maximum absolute atomic E-state index is 12.1. The van der Waals surface area contributed by atoms with Gasteiger partial charge in [0.05, 0.1) is 12.2 Å². The third-order valence-electron chi connectivity index (χ3n) is 4.03. The molecular weight excluding hydrogens is 314 g/mol. The molecule has 0 radical (unpaired) electrons. The zero-order chi connectivity index (χ0) is 17.9. The predicted molar refractivity (Wildman–Crippen MR) is 101 cm³/mol. The molecular formula is C21H27NO3. The molecule has 0 aromatic heterocycles. The summed E-state index contributed by atoms with van der Waals surface area (Å²) in [5.41, 5.74) is 0.922. The average molecular weight is 341 g/mol. The summed E-state index contributed by atoms with van der Waals surface area (Å²) in [7, 11) is 0. The highest BCUT2D eigenvalue weighted by atomic mass is 16.5. The van der Waals surface area contributed by atoms with Gasteiger partial charge in [0, 0.05) is 5.69 Å². The Morgan fingerprint density at radius 2 is 1.64 bits per heavy atom. The summed E-state index contributed by atoms with van der Waals surface area (Å²) in [6, 6.07) is 13.8. The summed E-state index contributed by atoms with van der Waals surface area (Å²) in [5, 5.41) is 12.5. The number of benzene rings is 2. The SMILES string of the molecule is CCCCCCCCOc1ccc(NC(=O)c2ccccc2O)cc1. The Kier molecular flexibility index (Phi) is 7.83. The van der Waals surface area contributed by atoms with Gasteiger partial charge in [-0.25, -0.2) is 0 Å². The fourth-order valence-electron chi connectivity index (χ4n) is 2.57. The first-order valence-electron chi connectivity index (χ1n) is 9.03. The standard InChI is InChI=1S/C21H27NO3/c1-2-3-4-5-6-9-16-25-18-14-12-17(13-15-18)22-21(24)19-10-7-8-11-20(19)23/h7-8,10-15,23H,2-6,9,16H2,1H3,(H,22,24). The van der Waals surface area contributed by atoms with E-state index in [1.54, 1.807) is 30.3 Å². The summed E-state index contributed by atoms with van der Waals surface area (Å²) in [5.74, 6) is 0.437. The van der Waals surface area contributed by atoms with Crippen molar-refractivity contribution >= 4 is 11.6 Å². The molecule has 4 heteroatoms. The lowest BCUT2D eigenvalue weighted by Crippen LogP contribution is -2.11. The molecule has 0 fully saturated rings. The van der Waals surface area contributed by atoms with Crippen LogP contribution in [-0.4, -0.2) is 17.6 Å². The van der Waals surface area contributed by atoms with E-state index in [9.17, 15) is 9.90 Å². The number of rotatable bonds is 10. The first-order chi connectivity index (χ1) is 12.2. The second-order valence-electron chi connectivity index (χ2n) is 6.11. The first kappa shape index (κ1) is 18.8.